The second-order valence-electron chi connectivity index (χ2n) is 7.41. The Labute approximate surface area is 172 Å². The molecule has 0 bridgehead atoms. The lowest BCUT2D eigenvalue weighted by molar-refractivity contribution is -0.141. The third-order valence-corrected chi connectivity index (χ3v) is 5.21. The predicted molar refractivity (Wildman–Crippen MR) is 113 cm³/mol. The number of carboxylic acid groups (broad SMARTS) is 1. The van der Waals surface area contributed by atoms with Crippen molar-refractivity contribution in [2.75, 3.05) is 0 Å². The molecule has 2 heterocycles. The summed E-state index contributed by atoms with van der Waals surface area (Å²) >= 11 is 0. The first kappa shape index (κ1) is 19.6. The van der Waals surface area contributed by atoms with Crippen molar-refractivity contribution in [3.05, 3.63) is 81.6 Å². The number of nitrogens with one attached hydrogen (secondary N) is 1. The van der Waals surface area contributed by atoms with E-state index in [1.54, 1.807) is 6.07 Å². The average Bonchev–Trinajstić information content (AvgIpc) is 3.17. The van der Waals surface area contributed by atoms with Gasteiger partial charge in [0.2, 0.25) is 5.91 Å². The molecular weight excluding hydrogens is 382 g/mol. The summed E-state index contributed by atoms with van der Waals surface area (Å²) in [6, 6.07) is 16.4. The molecule has 30 heavy (non-hydrogen) atoms. The number of aromatic nitrogens is 1. The second kappa shape index (κ2) is 7.94. The summed E-state index contributed by atoms with van der Waals surface area (Å²) in [5, 5.41) is 15.6. The quantitative estimate of drug-likeness (QED) is 0.682. The van der Waals surface area contributed by atoms with E-state index >= 15 is 0 Å². The number of nitrogens with zero attached hydrogens (tertiary/aromatic N) is 2. The molecule has 0 radical (unpaired) electrons. The van der Waals surface area contributed by atoms with Crippen LogP contribution in [0.5, 0.6) is 0 Å². The Morgan fingerprint density at radius 3 is 2.63 bits per heavy atom. The van der Waals surface area contributed by atoms with Gasteiger partial charge >= 0.3 is 5.97 Å². The van der Waals surface area contributed by atoms with E-state index in [1.165, 1.54) is 5.01 Å². The van der Waals surface area contributed by atoms with Gasteiger partial charge in [0, 0.05) is 23.9 Å². The molecular formula is C23H21N3O4. The van der Waals surface area contributed by atoms with Gasteiger partial charge in [-0.25, -0.2) is 5.01 Å². The molecule has 0 spiro atoms. The molecule has 0 saturated carbocycles. The minimum atomic E-state index is -1.05. The molecule has 1 atom stereocenters. The maximum Gasteiger partial charge on any atom is 0.303 e. The highest BCUT2D eigenvalue weighted by Crippen LogP contribution is 2.32. The van der Waals surface area contributed by atoms with Crippen LogP contribution < -0.4 is 5.56 Å². The van der Waals surface area contributed by atoms with Crippen LogP contribution in [0, 0.1) is 6.92 Å². The zero-order chi connectivity index (χ0) is 21.3. The number of aryl methyl sites for hydroxylation is 1. The van der Waals surface area contributed by atoms with Gasteiger partial charge < -0.3 is 10.1 Å². The first-order valence-electron chi connectivity index (χ1n) is 9.73. The molecule has 0 aliphatic carbocycles. The number of carbonyl (C=O) groups is 2. The van der Waals surface area contributed by atoms with Crippen molar-refractivity contribution in [1.29, 1.82) is 0 Å². The zero-order valence-electron chi connectivity index (χ0n) is 16.5. The van der Waals surface area contributed by atoms with E-state index in [0.717, 1.165) is 22.0 Å². The number of benzene rings is 2. The third-order valence-electron chi connectivity index (χ3n) is 5.21. The fourth-order valence-electron chi connectivity index (χ4n) is 3.70. The van der Waals surface area contributed by atoms with E-state index in [-0.39, 0.29) is 18.4 Å². The van der Waals surface area contributed by atoms with Gasteiger partial charge in [-0.2, -0.15) is 5.10 Å². The van der Waals surface area contributed by atoms with Crippen molar-refractivity contribution in [2.45, 2.75) is 32.2 Å². The topological polar surface area (TPSA) is 103 Å². The largest absolute Gasteiger partial charge is 0.481 e. The summed E-state index contributed by atoms with van der Waals surface area (Å²) < 4.78 is 0. The van der Waals surface area contributed by atoms with Gasteiger partial charge in [0.15, 0.2) is 0 Å². The molecule has 1 aromatic heterocycles. The standard InChI is InChI=1S/C23H21N3O4/c1-14-7-8-16-12-17(23(30)24-18(16)11-14)20-13-19(15-5-3-2-4-6-15)25-26(20)21(27)9-10-22(28)29/h2-8,11-12,20H,9-10,13H2,1H3,(H,24,30)(H,28,29)/t20-/m1/s1. The molecule has 0 unspecified atom stereocenters. The number of hydrazone groups is 1. The van der Waals surface area contributed by atoms with Crippen molar-refractivity contribution in [3.8, 4) is 0 Å². The molecule has 2 N–H and O–H groups in total. The fourth-order valence-corrected chi connectivity index (χ4v) is 3.70. The number of rotatable bonds is 5. The molecule has 2 aromatic carbocycles. The molecule has 1 aliphatic rings. The number of hydrogen-bond acceptors (Lipinski definition) is 4. The molecule has 0 saturated heterocycles. The highest BCUT2D eigenvalue weighted by atomic mass is 16.4. The summed E-state index contributed by atoms with van der Waals surface area (Å²) in [4.78, 5) is 39.5. The molecule has 152 valence electrons. The van der Waals surface area contributed by atoms with Crippen LogP contribution in [0.3, 0.4) is 0 Å². The van der Waals surface area contributed by atoms with Gasteiger partial charge in [0.1, 0.15) is 0 Å². The van der Waals surface area contributed by atoms with Crippen LogP contribution >= 0.6 is 0 Å². The predicted octanol–water partition coefficient (Wildman–Crippen LogP) is 3.38. The third kappa shape index (κ3) is 3.87. The highest BCUT2D eigenvalue weighted by molar-refractivity contribution is 6.03. The lowest BCUT2D eigenvalue weighted by Gasteiger charge is -2.21. The normalized spacial score (nSPS) is 16.0. The summed E-state index contributed by atoms with van der Waals surface area (Å²) in [5.41, 5.74) is 3.47. The number of carboxylic acids is 1. The Hall–Kier alpha value is -3.74. The van der Waals surface area contributed by atoms with Gasteiger partial charge in [0.05, 0.1) is 18.2 Å². The first-order chi connectivity index (χ1) is 14.4. The van der Waals surface area contributed by atoms with Gasteiger partial charge in [-0.3, -0.25) is 14.4 Å². The van der Waals surface area contributed by atoms with Crippen molar-refractivity contribution in [2.24, 2.45) is 5.10 Å². The van der Waals surface area contributed by atoms with Gasteiger partial charge in [-0.05, 0) is 35.6 Å². The number of amides is 1. The number of fused-ring (bicyclic) bond motifs is 1. The number of H-pyrrole nitrogens is 1. The highest BCUT2D eigenvalue weighted by Gasteiger charge is 2.34. The molecule has 4 rings (SSSR count). The smallest absolute Gasteiger partial charge is 0.303 e. The van der Waals surface area contributed by atoms with Crippen LogP contribution in [0.2, 0.25) is 0 Å². The number of pyridine rings is 1. The minimum absolute atomic E-state index is 0.178. The molecule has 1 amide bonds. The van der Waals surface area contributed by atoms with E-state index in [9.17, 15) is 14.4 Å². The lowest BCUT2D eigenvalue weighted by atomic mass is 9.98. The molecule has 3 aromatic rings. The number of aromatic amines is 1. The lowest BCUT2D eigenvalue weighted by Crippen LogP contribution is -2.31. The van der Waals surface area contributed by atoms with Crippen LogP contribution in [0.4, 0.5) is 0 Å². The van der Waals surface area contributed by atoms with E-state index in [1.807, 2.05) is 55.5 Å². The summed E-state index contributed by atoms with van der Waals surface area (Å²) in [6.45, 7) is 1.95. The Bertz CT molecular complexity index is 1210. The SMILES string of the molecule is Cc1ccc2cc([C@H]3CC(c4ccccc4)=NN3C(=O)CCC(=O)O)c(=O)[nH]c2c1. The van der Waals surface area contributed by atoms with Gasteiger partial charge in [0.25, 0.3) is 5.56 Å². The molecule has 0 fully saturated rings. The minimum Gasteiger partial charge on any atom is -0.481 e. The van der Waals surface area contributed by atoms with Crippen LogP contribution in [0.25, 0.3) is 10.9 Å². The number of aliphatic carboxylic acids is 1. The van der Waals surface area contributed by atoms with Crippen molar-refractivity contribution in [1.82, 2.24) is 9.99 Å². The fraction of sp³-hybridized carbons (Fsp3) is 0.217. The van der Waals surface area contributed by atoms with Crippen LogP contribution in [0.15, 0.2) is 64.5 Å². The van der Waals surface area contributed by atoms with Gasteiger partial charge in [-0.1, -0.05) is 42.5 Å². The summed E-state index contributed by atoms with van der Waals surface area (Å²) in [6.07, 6.45) is -0.0864. The van der Waals surface area contributed by atoms with E-state index < -0.39 is 17.9 Å². The first-order valence-corrected chi connectivity index (χ1v) is 9.73. The Morgan fingerprint density at radius 2 is 1.90 bits per heavy atom. The monoisotopic (exact) mass is 403 g/mol. The Kier molecular flexibility index (Phi) is 5.18. The Morgan fingerprint density at radius 1 is 1.13 bits per heavy atom. The van der Waals surface area contributed by atoms with Crippen molar-refractivity contribution >= 4 is 28.5 Å². The summed E-state index contributed by atoms with van der Waals surface area (Å²) in [5.74, 6) is -1.47. The van der Waals surface area contributed by atoms with Crippen molar-refractivity contribution in [3.63, 3.8) is 0 Å². The molecule has 7 nitrogen and oxygen atoms in total. The Balaban J connectivity index is 1.75. The van der Waals surface area contributed by atoms with Gasteiger partial charge in [-0.15, -0.1) is 0 Å². The van der Waals surface area contributed by atoms with Crippen LogP contribution in [-0.4, -0.2) is 32.7 Å². The molecule has 7 heteroatoms. The number of hydrogen-bond donors (Lipinski definition) is 2. The van der Waals surface area contributed by atoms with E-state index in [4.69, 9.17) is 5.11 Å². The maximum atomic E-state index is 12.9. The van der Waals surface area contributed by atoms with Crippen LogP contribution in [-0.2, 0) is 9.59 Å². The number of carbonyl (C=O) groups excluding carboxylic acids is 1. The average molecular weight is 403 g/mol. The zero-order valence-corrected chi connectivity index (χ0v) is 16.5. The van der Waals surface area contributed by atoms with Crippen LogP contribution in [0.1, 0.15) is 42.0 Å². The molecule has 1 aliphatic heterocycles. The van der Waals surface area contributed by atoms with Crippen molar-refractivity contribution < 1.29 is 14.7 Å². The van der Waals surface area contributed by atoms with E-state index in [0.29, 0.717) is 17.7 Å². The van der Waals surface area contributed by atoms with E-state index in [2.05, 4.69) is 10.1 Å². The maximum absolute atomic E-state index is 12.9. The summed E-state index contributed by atoms with van der Waals surface area (Å²) in [7, 11) is 0. The second-order valence-corrected chi connectivity index (χ2v) is 7.41.